The first-order valence-electron chi connectivity index (χ1n) is 6.95. The maximum Gasteiger partial charge on any atom is 0.315 e. The van der Waals surface area contributed by atoms with Crippen LogP contribution >= 0.6 is 0 Å². The van der Waals surface area contributed by atoms with E-state index >= 15 is 0 Å². The van der Waals surface area contributed by atoms with Crippen molar-refractivity contribution in [3.63, 3.8) is 0 Å². The number of hydrogen-bond acceptors (Lipinski definition) is 3. The molecule has 0 saturated heterocycles. The van der Waals surface area contributed by atoms with E-state index in [4.69, 9.17) is 0 Å². The molecule has 1 aromatic carbocycles. The smallest absolute Gasteiger partial charge is 0.315 e. The Bertz CT molecular complexity index is 701. The molecule has 23 heavy (non-hydrogen) atoms. The average Bonchev–Trinajstić information content (AvgIpc) is 2.93. The molecule has 2 amide bonds. The van der Waals surface area contributed by atoms with Crippen LogP contribution in [0.5, 0.6) is 0 Å². The van der Waals surface area contributed by atoms with Gasteiger partial charge in [-0.25, -0.2) is 13.6 Å². The zero-order chi connectivity index (χ0) is 17.0. The number of amides is 2. The Morgan fingerprint density at radius 2 is 2.13 bits per heavy atom. The quantitative estimate of drug-likeness (QED) is 0.778. The second-order valence-corrected chi connectivity index (χ2v) is 5.45. The number of carbonyl (C=O) groups is 1. The molecule has 0 radical (unpaired) electrons. The summed E-state index contributed by atoms with van der Waals surface area (Å²) in [5.41, 5.74) is -0.703. The highest BCUT2D eigenvalue weighted by molar-refractivity contribution is 5.73. The minimum absolute atomic E-state index is 0.0409. The van der Waals surface area contributed by atoms with Crippen LogP contribution in [0.1, 0.15) is 18.1 Å². The predicted molar refractivity (Wildman–Crippen MR) is 79.4 cm³/mol. The molecule has 3 N–H and O–H groups in total. The predicted octanol–water partition coefficient (Wildman–Crippen LogP) is 1.41. The van der Waals surface area contributed by atoms with Crippen LogP contribution < -0.4 is 10.6 Å². The van der Waals surface area contributed by atoms with Gasteiger partial charge >= 0.3 is 6.03 Å². The van der Waals surface area contributed by atoms with Crippen molar-refractivity contribution in [2.75, 3.05) is 6.54 Å². The van der Waals surface area contributed by atoms with Gasteiger partial charge in [0.05, 0.1) is 12.7 Å². The average molecular weight is 324 g/mol. The minimum Gasteiger partial charge on any atom is -0.383 e. The number of aromatic nitrogens is 2. The van der Waals surface area contributed by atoms with E-state index in [1.807, 2.05) is 0 Å². The Labute approximate surface area is 132 Å². The lowest BCUT2D eigenvalue weighted by Gasteiger charge is -2.22. The van der Waals surface area contributed by atoms with Gasteiger partial charge in [-0.3, -0.25) is 4.68 Å². The number of hydrogen-bond donors (Lipinski definition) is 3. The van der Waals surface area contributed by atoms with Crippen LogP contribution in [-0.4, -0.2) is 27.5 Å². The third-order valence-corrected chi connectivity index (χ3v) is 3.37. The third-order valence-electron chi connectivity index (χ3n) is 3.37. The number of aliphatic hydroxyl groups is 1. The molecular weight excluding hydrogens is 306 g/mol. The van der Waals surface area contributed by atoms with Crippen LogP contribution in [0.3, 0.4) is 0 Å². The molecule has 0 aliphatic heterocycles. The lowest BCUT2D eigenvalue weighted by molar-refractivity contribution is 0.0593. The summed E-state index contributed by atoms with van der Waals surface area (Å²) in [5, 5.41) is 19.2. The summed E-state index contributed by atoms with van der Waals surface area (Å²) in [7, 11) is 1.72. The monoisotopic (exact) mass is 324 g/mol. The maximum absolute atomic E-state index is 13.4. The summed E-state index contributed by atoms with van der Waals surface area (Å²) < 4.78 is 28.0. The van der Waals surface area contributed by atoms with Gasteiger partial charge in [0, 0.05) is 30.9 Å². The first kappa shape index (κ1) is 16.9. The van der Waals surface area contributed by atoms with E-state index in [1.165, 1.54) is 17.8 Å². The summed E-state index contributed by atoms with van der Waals surface area (Å²) in [6.45, 7) is 1.32. The minimum atomic E-state index is -1.30. The molecule has 2 rings (SSSR count). The molecule has 0 aliphatic rings. The van der Waals surface area contributed by atoms with Gasteiger partial charge in [0.2, 0.25) is 0 Å². The fourth-order valence-corrected chi connectivity index (χ4v) is 1.97. The van der Waals surface area contributed by atoms with E-state index in [2.05, 4.69) is 15.7 Å². The van der Waals surface area contributed by atoms with Gasteiger partial charge in [-0.1, -0.05) is 0 Å². The van der Waals surface area contributed by atoms with Crippen LogP contribution in [0.15, 0.2) is 30.6 Å². The number of benzene rings is 1. The fraction of sp³-hybridized carbons (Fsp3) is 0.333. The van der Waals surface area contributed by atoms with Crippen LogP contribution in [-0.2, 0) is 19.2 Å². The molecule has 8 heteroatoms. The number of urea groups is 1. The van der Waals surface area contributed by atoms with Gasteiger partial charge in [0.1, 0.15) is 17.2 Å². The second kappa shape index (κ2) is 6.74. The molecule has 0 fully saturated rings. The van der Waals surface area contributed by atoms with Crippen molar-refractivity contribution >= 4 is 6.03 Å². The first-order chi connectivity index (χ1) is 10.8. The summed E-state index contributed by atoms with van der Waals surface area (Å²) in [6.07, 6.45) is 3.14. The lowest BCUT2D eigenvalue weighted by Crippen LogP contribution is -2.43. The second-order valence-electron chi connectivity index (χ2n) is 5.45. The van der Waals surface area contributed by atoms with Crippen molar-refractivity contribution in [1.82, 2.24) is 20.4 Å². The fourth-order valence-electron chi connectivity index (χ4n) is 1.97. The molecule has 2 aromatic rings. The Balaban J connectivity index is 1.86. The van der Waals surface area contributed by atoms with Gasteiger partial charge in [0.25, 0.3) is 0 Å². The zero-order valence-corrected chi connectivity index (χ0v) is 12.8. The first-order valence-corrected chi connectivity index (χ1v) is 6.95. The molecule has 1 heterocycles. The van der Waals surface area contributed by atoms with Crippen LogP contribution in [0, 0.1) is 11.6 Å². The normalized spacial score (nSPS) is 13.4. The molecule has 0 aliphatic carbocycles. The van der Waals surface area contributed by atoms with E-state index in [9.17, 15) is 18.7 Å². The number of rotatable bonds is 5. The van der Waals surface area contributed by atoms with Crippen LogP contribution in [0.2, 0.25) is 0 Å². The SMILES string of the molecule is Cn1cc(C(C)(O)CNC(=O)NCc2cc(F)ccc2F)cn1. The molecular formula is C15H18F2N4O2. The Hall–Kier alpha value is -2.48. The number of carbonyl (C=O) groups excluding carboxylic acids is 1. The molecule has 0 bridgehead atoms. The summed E-state index contributed by atoms with van der Waals surface area (Å²) in [6, 6.07) is 2.42. The standard InChI is InChI=1S/C15H18F2N4O2/c1-15(23,11-7-20-21(2)8-11)9-19-14(22)18-6-10-5-12(16)3-4-13(10)17/h3-5,7-8,23H,6,9H2,1-2H3,(H2,18,19,22). The van der Waals surface area contributed by atoms with Gasteiger partial charge in [-0.05, 0) is 25.1 Å². The topological polar surface area (TPSA) is 79.2 Å². The number of nitrogens with zero attached hydrogens (tertiary/aromatic N) is 2. The van der Waals surface area contributed by atoms with Gasteiger partial charge in [0.15, 0.2) is 0 Å². The van der Waals surface area contributed by atoms with E-state index in [-0.39, 0.29) is 18.7 Å². The highest BCUT2D eigenvalue weighted by atomic mass is 19.1. The van der Waals surface area contributed by atoms with Crippen molar-refractivity contribution in [2.45, 2.75) is 19.1 Å². The van der Waals surface area contributed by atoms with E-state index in [1.54, 1.807) is 13.2 Å². The summed E-state index contributed by atoms with van der Waals surface area (Å²) >= 11 is 0. The van der Waals surface area contributed by atoms with E-state index in [0.29, 0.717) is 5.56 Å². The highest BCUT2D eigenvalue weighted by Crippen LogP contribution is 2.18. The molecule has 1 unspecified atom stereocenters. The maximum atomic E-state index is 13.4. The molecule has 0 spiro atoms. The van der Waals surface area contributed by atoms with Crippen molar-refractivity contribution in [1.29, 1.82) is 0 Å². The Morgan fingerprint density at radius 3 is 2.78 bits per heavy atom. The third kappa shape index (κ3) is 4.49. The van der Waals surface area contributed by atoms with Crippen molar-refractivity contribution in [3.05, 3.63) is 53.4 Å². The number of nitrogens with one attached hydrogen (secondary N) is 2. The highest BCUT2D eigenvalue weighted by Gasteiger charge is 2.25. The molecule has 0 saturated carbocycles. The zero-order valence-electron chi connectivity index (χ0n) is 12.8. The van der Waals surface area contributed by atoms with Crippen LogP contribution in [0.25, 0.3) is 0 Å². The lowest BCUT2D eigenvalue weighted by atomic mass is 10.00. The summed E-state index contributed by atoms with van der Waals surface area (Å²) in [5.74, 6) is -1.18. The number of halogens is 2. The van der Waals surface area contributed by atoms with Gasteiger partial charge in [-0.15, -0.1) is 0 Å². The molecule has 6 nitrogen and oxygen atoms in total. The molecule has 1 atom stereocenters. The number of aryl methyl sites for hydroxylation is 1. The van der Waals surface area contributed by atoms with E-state index < -0.39 is 23.3 Å². The Kier molecular flexibility index (Phi) is 4.95. The van der Waals surface area contributed by atoms with E-state index in [0.717, 1.165) is 18.2 Å². The van der Waals surface area contributed by atoms with Crippen molar-refractivity contribution < 1.29 is 18.7 Å². The molecule has 1 aromatic heterocycles. The summed E-state index contributed by atoms with van der Waals surface area (Å²) in [4.78, 5) is 11.7. The van der Waals surface area contributed by atoms with Crippen molar-refractivity contribution in [2.24, 2.45) is 7.05 Å². The van der Waals surface area contributed by atoms with Crippen LogP contribution in [0.4, 0.5) is 13.6 Å². The molecule has 124 valence electrons. The Morgan fingerprint density at radius 1 is 1.39 bits per heavy atom. The van der Waals surface area contributed by atoms with Crippen molar-refractivity contribution in [3.8, 4) is 0 Å². The largest absolute Gasteiger partial charge is 0.383 e. The van der Waals surface area contributed by atoms with Gasteiger partial charge in [-0.2, -0.15) is 5.10 Å². The van der Waals surface area contributed by atoms with Gasteiger partial charge < -0.3 is 15.7 Å².